The van der Waals surface area contributed by atoms with Crippen molar-refractivity contribution in [2.24, 2.45) is 0 Å². The molecule has 3 rings (SSSR count). The number of rotatable bonds is 2. The summed E-state index contributed by atoms with van der Waals surface area (Å²) in [6.07, 6.45) is 2.45. The highest BCUT2D eigenvalue weighted by Gasteiger charge is 2.16. The Morgan fingerprint density at radius 2 is 2.17 bits per heavy atom. The minimum Gasteiger partial charge on any atom is -0.307 e. The minimum atomic E-state index is -0.220. The lowest BCUT2D eigenvalue weighted by molar-refractivity contribution is 0.517. The van der Waals surface area contributed by atoms with E-state index < -0.39 is 0 Å². The fourth-order valence-electron chi connectivity index (χ4n) is 2.76. The van der Waals surface area contributed by atoms with E-state index in [1.165, 1.54) is 10.5 Å². The zero-order valence-corrected chi connectivity index (χ0v) is 13.3. The van der Waals surface area contributed by atoms with Gasteiger partial charge in [-0.25, -0.2) is 4.98 Å². The molecule has 1 N–H and O–H groups in total. The zero-order valence-electron chi connectivity index (χ0n) is 13.3. The zero-order chi connectivity index (χ0) is 16.7. The van der Waals surface area contributed by atoms with Crippen molar-refractivity contribution in [3.05, 3.63) is 51.4 Å². The van der Waals surface area contributed by atoms with Gasteiger partial charge in [0.1, 0.15) is 22.9 Å². The number of hydrogen-bond acceptors (Lipinski definition) is 4. The van der Waals surface area contributed by atoms with Crippen LogP contribution in [-0.2, 0) is 0 Å². The highest BCUT2D eigenvalue weighted by Crippen LogP contribution is 2.17. The third-order valence-corrected chi connectivity index (χ3v) is 4.23. The van der Waals surface area contributed by atoms with Gasteiger partial charge in [-0.3, -0.25) is 14.6 Å². The second-order valence-electron chi connectivity index (χ2n) is 5.68. The fraction of sp³-hybridized carbons (Fsp3) is 0.294. The standard InChI is InChI=1S/C17H17N5O/c1-4-11(3)22-14(19)12(9-18)8-13-16(22)20-15-10(2)6-5-7-21(15)17(13)23/h5-8,11,19H,4H2,1-3H3/t11-/m0/s1. The summed E-state index contributed by atoms with van der Waals surface area (Å²) in [5.74, 6) is 0. The van der Waals surface area contributed by atoms with Crippen LogP contribution < -0.4 is 11.0 Å². The van der Waals surface area contributed by atoms with E-state index in [0.29, 0.717) is 16.7 Å². The van der Waals surface area contributed by atoms with E-state index in [9.17, 15) is 10.1 Å². The van der Waals surface area contributed by atoms with Crippen LogP contribution in [-0.4, -0.2) is 14.0 Å². The molecule has 23 heavy (non-hydrogen) atoms. The van der Waals surface area contributed by atoms with Gasteiger partial charge in [0.05, 0.1) is 10.9 Å². The number of aryl methyl sites for hydroxylation is 1. The lowest BCUT2D eigenvalue weighted by Crippen LogP contribution is -2.29. The maximum Gasteiger partial charge on any atom is 0.267 e. The molecule has 0 saturated heterocycles. The molecular formula is C17H17N5O. The molecule has 0 aliphatic rings. The average molecular weight is 307 g/mol. The topological polar surface area (TPSA) is 86.9 Å². The van der Waals surface area contributed by atoms with Crippen LogP contribution in [0.2, 0.25) is 0 Å². The Morgan fingerprint density at radius 1 is 1.43 bits per heavy atom. The first-order valence-corrected chi connectivity index (χ1v) is 7.51. The van der Waals surface area contributed by atoms with Crippen LogP contribution in [0.25, 0.3) is 16.7 Å². The molecular weight excluding hydrogens is 290 g/mol. The van der Waals surface area contributed by atoms with Gasteiger partial charge in [0.15, 0.2) is 0 Å². The first kappa shape index (κ1) is 15.0. The predicted octanol–water partition coefficient (Wildman–Crippen LogP) is 2.28. The second-order valence-corrected chi connectivity index (χ2v) is 5.68. The summed E-state index contributed by atoms with van der Waals surface area (Å²) >= 11 is 0. The third-order valence-electron chi connectivity index (χ3n) is 4.23. The van der Waals surface area contributed by atoms with Crippen molar-refractivity contribution >= 4 is 16.7 Å². The monoisotopic (exact) mass is 307 g/mol. The SMILES string of the molecule is CC[C@H](C)n1c(=N)c(C#N)cc2c(=O)n3cccc(C)c3nc21. The minimum absolute atomic E-state index is 0.0309. The van der Waals surface area contributed by atoms with Gasteiger partial charge in [-0.05, 0) is 38.0 Å². The molecule has 0 bridgehead atoms. The van der Waals surface area contributed by atoms with Crippen molar-refractivity contribution in [1.29, 1.82) is 10.7 Å². The second kappa shape index (κ2) is 5.36. The van der Waals surface area contributed by atoms with Gasteiger partial charge >= 0.3 is 0 Å². The summed E-state index contributed by atoms with van der Waals surface area (Å²) in [5.41, 5.74) is 1.98. The predicted molar refractivity (Wildman–Crippen MR) is 87.3 cm³/mol. The number of nitrogens with one attached hydrogen (secondary N) is 1. The molecule has 0 aliphatic heterocycles. The summed E-state index contributed by atoms with van der Waals surface area (Å²) in [4.78, 5) is 17.5. The molecule has 3 aromatic heterocycles. The van der Waals surface area contributed by atoms with E-state index in [4.69, 9.17) is 5.41 Å². The molecule has 0 saturated carbocycles. The van der Waals surface area contributed by atoms with E-state index in [2.05, 4.69) is 4.98 Å². The molecule has 0 spiro atoms. The van der Waals surface area contributed by atoms with Crippen molar-refractivity contribution in [2.75, 3.05) is 0 Å². The van der Waals surface area contributed by atoms with E-state index in [0.717, 1.165) is 12.0 Å². The first-order chi connectivity index (χ1) is 11.0. The van der Waals surface area contributed by atoms with Gasteiger partial charge in [-0.15, -0.1) is 0 Å². The Hall–Kier alpha value is -2.94. The molecule has 1 atom stereocenters. The summed E-state index contributed by atoms with van der Waals surface area (Å²) < 4.78 is 3.17. The van der Waals surface area contributed by atoms with Crippen LogP contribution in [0.4, 0.5) is 0 Å². The molecule has 6 heteroatoms. The number of hydrogen-bond donors (Lipinski definition) is 1. The number of nitrogens with zero attached hydrogens (tertiary/aromatic N) is 4. The Labute approximate surface area is 132 Å². The van der Waals surface area contributed by atoms with Crippen LogP contribution >= 0.6 is 0 Å². The number of aromatic nitrogens is 3. The van der Waals surface area contributed by atoms with Crippen LogP contribution in [0.3, 0.4) is 0 Å². The number of pyridine rings is 2. The Balaban J connectivity index is 2.64. The van der Waals surface area contributed by atoms with Gasteiger partial charge in [0.2, 0.25) is 0 Å². The summed E-state index contributed by atoms with van der Waals surface area (Å²) in [5, 5.41) is 17.9. The Morgan fingerprint density at radius 3 is 2.83 bits per heavy atom. The van der Waals surface area contributed by atoms with Crippen molar-refractivity contribution < 1.29 is 0 Å². The highest BCUT2D eigenvalue weighted by molar-refractivity contribution is 5.78. The first-order valence-electron chi connectivity index (χ1n) is 7.51. The van der Waals surface area contributed by atoms with Gasteiger partial charge in [-0.1, -0.05) is 13.0 Å². The van der Waals surface area contributed by atoms with Crippen molar-refractivity contribution in [1.82, 2.24) is 14.0 Å². The van der Waals surface area contributed by atoms with Crippen LogP contribution in [0.5, 0.6) is 0 Å². The number of nitriles is 1. The van der Waals surface area contributed by atoms with Gasteiger partial charge < -0.3 is 4.57 Å². The van der Waals surface area contributed by atoms with Gasteiger partial charge in [-0.2, -0.15) is 5.26 Å². The largest absolute Gasteiger partial charge is 0.307 e. The maximum atomic E-state index is 12.8. The molecule has 116 valence electrons. The van der Waals surface area contributed by atoms with Gasteiger partial charge in [0.25, 0.3) is 5.56 Å². The van der Waals surface area contributed by atoms with E-state index >= 15 is 0 Å². The van der Waals surface area contributed by atoms with Gasteiger partial charge in [0, 0.05) is 12.2 Å². The molecule has 6 nitrogen and oxygen atoms in total. The molecule has 3 heterocycles. The van der Waals surface area contributed by atoms with Crippen LogP contribution in [0, 0.1) is 23.7 Å². The molecule has 0 unspecified atom stereocenters. The van der Waals surface area contributed by atoms with E-state index in [1.807, 2.05) is 32.9 Å². The Bertz CT molecular complexity index is 1080. The summed E-state index contributed by atoms with van der Waals surface area (Å²) in [6.45, 7) is 5.85. The maximum absolute atomic E-state index is 12.8. The van der Waals surface area contributed by atoms with E-state index in [1.54, 1.807) is 16.8 Å². The van der Waals surface area contributed by atoms with Crippen LogP contribution in [0.1, 0.15) is 37.4 Å². The normalized spacial score (nSPS) is 12.4. The Kier molecular flexibility index (Phi) is 3.49. The fourth-order valence-corrected chi connectivity index (χ4v) is 2.76. The van der Waals surface area contributed by atoms with Crippen LogP contribution in [0.15, 0.2) is 29.2 Å². The van der Waals surface area contributed by atoms with E-state index in [-0.39, 0.29) is 22.7 Å². The lowest BCUT2D eigenvalue weighted by atomic mass is 10.1. The highest BCUT2D eigenvalue weighted by atomic mass is 16.1. The molecule has 0 radical (unpaired) electrons. The average Bonchev–Trinajstić information content (AvgIpc) is 2.55. The smallest absolute Gasteiger partial charge is 0.267 e. The molecule has 0 aromatic carbocycles. The lowest BCUT2D eigenvalue weighted by Gasteiger charge is -2.18. The molecule has 0 aliphatic carbocycles. The van der Waals surface area contributed by atoms with Crippen molar-refractivity contribution in [3.63, 3.8) is 0 Å². The summed E-state index contributed by atoms with van der Waals surface area (Å²) in [6, 6.07) is 7.14. The third kappa shape index (κ3) is 2.13. The summed E-state index contributed by atoms with van der Waals surface area (Å²) in [7, 11) is 0. The quantitative estimate of drug-likeness (QED) is 0.737. The molecule has 0 amide bonds. The number of fused-ring (bicyclic) bond motifs is 2. The molecule has 0 fully saturated rings. The van der Waals surface area contributed by atoms with Crippen molar-refractivity contribution in [2.45, 2.75) is 33.2 Å². The molecule has 3 aromatic rings. The van der Waals surface area contributed by atoms with Crippen molar-refractivity contribution in [3.8, 4) is 6.07 Å².